The van der Waals surface area contributed by atoms with Crippen molar-refractivity contribution in [2.75, 3.05) is 13.1 Å². The molecule has 6 nitrogen and oxygen atoms in total. The number of thiazole rings is 1. The Bertz CT molecular complexity index is 877. The van der Waals surface area contributed by atoms with Crippen LogP contribution in [-0.4, -0.2) is 51.9 Å². The van der Waals surface area contributed by atoms with E-state index in [1.165, 1.54) is 0 Å². The molecule has 3 heterocycles. The molecule has 0 aliphatic carbocycles. The molecular formula is C22H30N4O2S. The van der Waals surface area contributed by atoms with Crippen LogP contribution in [0.2, 0.25) is 0 Å². The van der Waals surface area contributed by atoms with Gasteiger partial charge in [0.1, 0.15) is 10.6 Å². The van der Waals surface area contributed by atoms with Gasteiger partial charge in [-0.05, 0) is 59.1 Å². The van der Waals surface area contributed by atoms with Crippen molar-refractivity contribution in [2.24, 2.45) is 4.99 Å². The minimum Gasteiger partial charge on any atom is -0.444 e. The van der Waals surface area contributed by atoms with Gasteiger partial charge in [-0.1, -0.05) is 6.92 Å². The van der Waals surface area contributed by atoms with E-state index in [0.29, 0.717) is 13.1 Å². The van der Waals surface area contributed by atoms with Crippen LogP contribution < -0.4 is 0 Å². The van der Waals surface area contributed by atoms with Crippen LogP contribution in [0, 0.1) is 6.92 Å². The first-order chi connectivity index (χ1) is 13.7. The summed E-state index contributed by atoms with van der Waals surface area (Å²) < 4.78 is 5.46. The number of nitrogens with zero attached hydrogens (tertiary/aromatic N) is 4. The summed E-state index contributed by atoms with van der Waals surface area (Å²) in [5.74, 6) is 0. The van der Waals surface area contributed by atoms with E-state index in [2.05, 4.69) is 18.0 Å². The highest BCUT2D eigenvalue weighted by molar-refractivity contribution is 7.16. The van der Waals surface area contributed by atoms with Gasteiger partial charge in [-0.25, -0.2) is 9.78 Å². The Kier molecular flexibility index (Phi) is 6.67. The molecule has 0 spiro atoms. The van der Waals surface area contributed by atoms with E-state index in [0.717, 1.165) is 46.1 Å². The summed E-state index contributed by atoms with van der Waals surface area (Å²) in [6.45, 7) is 11.2. The topological polar surface area (TPSA) is 67.7 Å². The highest BCUT2D eigenvalue weighted by atomic mass is 32.1. The normalized spacial score (nSPS) is 15.8. The van der Waals surface area contributed by atoms with Crippen molar-refractivity contribution < 1.29 is 9.53 Å². The van der Waals surface area contributed by atoms with Crippen LogP contribution in [0.15, 0.2) is 23.3 Å². The molecule has 2 aromatic rings. The first-order valence-corrected chi connectivity index (χ1v) is 11.0. The number of hydrogen-bond donors (Lipinski definition) is 0. The summed E-state index contributed by atoms with van der Waals surface area (Å²) in [4.78, 5) is 28.9. The SMILES string of the molecule is CCc1cc(-c2nc(C)c(C=NC3CCN(C(=O)OC(C)(C)C)CC3)s2)ccn1. The van der Waals surface area contributed by atoms with E-state index in [-0.39, 0.29) is 12.1 Å². The summed E-state index contributed by atoms with van der Waals surface area (Å²) in [5.41, 5.74) is 2.72. The average Bonchev–Trinajstić information content (AvgIpc) is 3.06. The number of aromatic nitrogens is 2. The molecular weight excluding hydrogens is 384 g/mol. The van der Waals surface area contributed by atoms with Gasteiger partial charge in [-0.3, -0.25) is 9.98 Å². The molecule has 1 aliphatic heterocycles. The molecule has 0 bridgehead atoms. The standard InChI is InChI=1S/C22H30N4O2S/c1-6-17-13-16(7-10-23-17)20-25-15(2)19(29-20)14-24-18-8-11-26(12-9-18)21(27)28-22(3,4)5/h7,10,13-14,18H,6,8-9,11-12H2,1-5H3. The molecule has 0 radical (unpaired) electrons. The molecule has 2 aromatic heterocycles. The number of hydrogen-bond acceptors (Lipinski definition) is 6. The number of amides is 1. The Labute approximate surface area is 177 Å². The number of aryl methyl sites for hydroxylation is 2. The maximum atomic E-state index is 12.2. The monoisotopic (exact) mass is 414 g/mol. The molecule has 0 N–H and O–H groups in total. The summed E-state index contributed by atoms with van der Waals surface area (Å²) in [5, 5.41) is 1.00. The number of carbonyl (C=O) groups is 1. The van der Waals surface area contributed by atoms with Crippen LogP contribution in [0.3, 0.4) is 0 Å². The average molecular weight is 415 g/mol. The van der Waals surface area contributed by atoms with Crippen LogP contribution in [-0.2, 0) is 11.2 Å². The van der Waals surface area contributed by atoms with Gasteiger partial charge in [0, 0.05) is 36.8 Å². The number of pyridine rings is 1. The van der Waals surface area contributed by atoms with E-state index in [9.17, 15) is 4.79 Å². The van der Waals surface area contributed by atoms with Crippen LogP contribution in [0.1, 0.15) is 56.8 Å². The van der Waals surface area contributed by atoms with E-state index in [1.54, 1.807) is 16.2 Å². The van der Waals surface area contributed by atoms with E-state index in [4.69, 9.17) is 14.7 Å². The Hall–Kier alpha value is -2.28. The van der Waals surface area contributed by atoms with Crippen molar-refractivity contribution in [3.8, 4) is 10.6 Å². The molecule has 1 amide bonds. The van der Waals surface area contributed by atoms with Gasteiger partial charge in [0.2, 0.25) is 0 Å². The highest BCUT2D eigenvalue weighted by Gasteiger charge is 2.26. The number of likely N-dealkylation sites (tertiary alicyclic amines) is 1. The van der Waals surface area contributed by atoms with Gasteiger partial charge >= 0.3 is 6.09 Å². The lowest BCUT2D eigenvalue weighted by molar-refractivity contribution is 0.0207. The fraction of sp³-hybridized carbons (Fsp3) is 0.545. The number of ether oxygens (including phenoxy) is 1. The predicted octanol–water partition coefficient (Wildman–Crippen LogP) is 4.89. The molecule has 1 aliphatic rings. The Balaban J connectivity index is 1.60. The van der Waals surface area contributed by atoms with Gasteiger partial charge in [-0.15, -0.1) is 11.3 Å². The maximum absolute atomic E-state index is 12.2. The number of aliphatic imine (C=N–C) groups is 1. The van der Waals surface area contributed by atoms with Crippen molar-refractivity contribution in [3.05, 3.63) is 34.6 Å². The summed E-state index contributed by atoms with van der Waals surface area (Å²) in [7, 11) is 0. The van der Waals surface area contributed by atoms with E-state index >= 15 is 0 Å². The van der Waals surface area contributed by atoms with Crippen molar-refractivity contribution in [3.63, 3.8) is 0 Å². The lowest BCUT2D eigenvalue weighted by atomic mass is 10.1. The zero-order chi connectivity index (χ0) is 21.0. The first-order valence-electron chi connectivity index (χ1n) is 10.2. The predicted molar refractivity (Wildman–Crippen MR) is 118 cm³/mol. The second-order valence-electron chi connectivity index (χ2n) is 8.33. The molecule has 3 rings (SSSR count). The largest absolute Gasteiger partial charge is 0.444 e. The molecule has 0 atom stereocenters. The summed E-state index contributed by atoms with van der Waals surface area (Å²) >= 11 is 1.66. The molecule has 7 heteroatoms. The van der Waals surface area contributed by atoms with Crippen LogP contribution in [0.25, 0.3) is 10.6 Å². The molecule has 0 aromatic carbocycles. The maximum Gasteiger partial charge on any atom is 0.410 e. The number of carbonyl (C=O) groups excluding carboxylic acids is 1. The van der Waals surface area contributed by atoms with Gasteiger partial charge in [0.05, 0.1) is 16.6 Å². The molecule has 0 unspecified atom stereocenters. The summed E-state index contributed by atoms with van der Waals surface area (Å²) in [6.07, 6.45) is 6.18. The second kappa shape index (κ2) is 9.03. The first kappa shape index (κ1) is 21.4. The molecule has 1 fully saturated rings. The minimum atomic E-state index is -0.458. The lowest BCUT2D eigenvalue weighted by Crippen LogP contribution is -2.42. The van der Waals surface area contributed by atoms with E-state index < -0.39 is 5.60 Å². The smallest absolute Gasteiger partial charge is 0.410 e. The fourth-order valence-corrected chi connectivity index (χ4v) is 4.10. The van der Waals surface area contributed by atoms with Gasteiger partial charge in [0.25, 0.3) is 0 Å². The zero-order valence-electron chi connectivity index (χ0n) is 17.9. The van der Waals surface area contributed by atoms with E-state index in [1.807, 2.05) is 46.2 Å². The second-order valence-corrected chi connectivity index (χ2v) is 9.37. The van der Waals surface area contributed by atoms with Crippen molar-refractivity contribution in [2.45, 2.75) is 65.5 Å². The third-order valence-corrected chi connectivity index (χ3v) is 5.92. The Morgan fingerprint density at radius 3 is 2.76 bits per heavy atom. The minimum absolute atomic E-state index is 0.228. The Morgan fingerprint density at radius 1 is 1.38 bits per heavy atom. The molecule has 0 saturated carbocycles. The van der Waals surface area contributed by atoms with Crippen LogP contribution in [0.5, 0.6) is 0 Å². The lowest BCUT2D eigenvalue weighted by Gasteiger charge is -2.32. The van der Waals surface area contributed by atoms with Crippen LogP contribution >= 0.6 is 11.3 Å². The number of rotatable bonds is 4. The highest BCUT2D eigenvalue weighted by Crippen LogP contribution is 2.27. The fourth-order valence-electron chi connectivity index (χ4n) is 3.15. The van der Waals surface area contributed by atoms with Gasteiger partial charge in [-0.2, -0.15) is 0 Å². The molecule has 1 saturated heterocycles. The molecule has 156 valence electrons. The van der Waals surface area contributed by atoms with Crippen LogP contribution in [0.4, 0.5) is 4.79 Å². The van der Waals surface area contributed by atoms with Gasteiger partial charge < -0.3 is 9.64 Å². The third kappa shape index (κ3) is 5.85. The summed E-state index contributed by atoms with van der Waals surface area (Å²) in [6, 6.07) is 4.34. The number of piperidine rings is 1. The quantitative estimate of drug-likeness (QED) is 0.668. The third-order valence-electron chi connectivity index (χ3n) is 4.78. The van der Waals surface area contributed by atoms with Crippen molar-refractivity contribution >= 4 is 23.6 Å². The van der Waals surface area contributed by atoms with Crippen molar-refractivity contribution in [1.82, 2.24) is 14.9 Å². The Morgan fingerprint density at radius 2 is 2.10 bits per heavy atom. The zero-order valence-corrected chi connectivity index (χ0v) is 18.8. The molecule has 29 heavy (non-hydrogen) atoms. The van der Waals surface area contributed by atoms with Gasteiger partial charge in [0.15, 0.2) is 0 Å². The van der Waals surface area contributed by atoms with Crippen molar-refractivity contribution in [1.29, 1.82) is 0 Å².